The number of hydrogen-bond acceptors (Lipinski definition) is 8. The van der Waals surface area contributed by atoms with Crippen molar-refractivity contribution in [1.29, 1.82) is 0 Å². The molecule has 0 radical (unpaired) electrons. The van der Waals surface area contributed by atoms with Gasteiger partial charge in [0, 0.05) is 24.4 Å². The highest BCUT2D eigenvalue weighted by Gasteiger charge is 2.29. The summed E-state index contributed by atoms with van der Waals surface area (Å²) in [6.45, 7) is -3.75. The summed E-state index contributed by atoms with van der Waals surface area (Å²) in [7, 11) is 1.44. The van der Waals surface area contributed by atoms with Gasteiger partial charge in [0.2, 0.25) is 5.91 Å². The van der Waals surface area contributed by atoms with Gasteiger partial charge in [0.05, 0.1) is 32.8 Å². The van der Waals surface area contributed by atoms with E-state index in [2.05, 4.69) is 5.32 Å². The maximum atomic E-state index is 12.7. The number of aliphatic hydroxyl groups is 2. The SMILES string of the molecule is COCC(CO)OP(=O)(OCCO)SCCCCNC(=O)Cc1ccc(Cl)cc1. The third-order valence-electron chi connectivity index (χ3n) is 3.60. The standard InChI is InChI=1S/C18H29ClNO7PS/c1-25-14-17(13-22)27-28(24,26-10-9-21)29-11-3-2-8-20-18(23)12-15-4-6-16(19)7-5-15/h4-7,17,21-22H,2-3,8-14H2,1H3,(H,20,23). The highest BCUT2D eigenvalue weighted by atomic mass is 35.5. The molecular weight excluding hydrogens is 441 g/mol. The van der Waals surface area contributed by atoms with Crippen molar-refractivity contribution in [1.82, 2.24) is 5.32 Å². The molecule has 166 valence electrons. The topological polar surface area (TPSA) is 114 Å². The average Bonchev–Trinajstić information content (AvgIpc) is 2.70. The van der Waals surface area contributed by atoms with Gasteiger partial charge < -0.3 is 20.3 Å². The quantitative estimate of drug-likeness (QED) is 0.250. The van der Waals surface area contributed by atoms with Gasteiger partial charge in [-0.25, -0.2) is 4.57 Å². The van der Waals surface area contributed by atoms with E-state index in [1.807, 2.05) is 12.1 Å². The lowest BCUT2D eigenvalue weighted by atomic mass is 10.1. The molecule has 0 aliphatic rings. The maximum Gasteiger partial charge on any atom is 0.389 e. The van der Waals surface area contributed by atoms with Crippen molar-refractivity contribution in [2.45, 2.75) is 25.4 Å². The zero-order chi connectivity index (χ0) is 21.5. The predicted octanol–water partition coefficient (Wildman–Crippen LogP) is 2.65. The Bertz CT molecular complexity index is 635. The van der Waals surface area contributed by atoms with Crippen LogP contribution in [0.2, 0.25) is 5.02 Å². The summed E-state index contributed by atoms with van der Waals surface area (Å²) in [6.07, 6.45) is 0.882. The first kappa shape index (κ1) is 26.4. The van der Waals surface area contributed by atoms with Crippen molar-refractivity contribution >= 4 is 35.7 Å². The first-order valence-corrected chi connectivity index (χ1v) is 12.7. The van der Waals surface area contributed by atoms with Gasteiger partial charge in [0.1, 0.15) is 6.10 Å². The molecule has 0 aromatic heterocycles. The number of rotatable bonds is 16. The Morgan fingerprint density at radius 3 is 2.62 bits per heavy atom. The second-order valence-corrected chi connectivity index (χ2v) is 10.6. The number of unbranched alkanes of at least 4 members (excludes halogenated alkanes) is 1. The molecule has 0 spiro atoms. The van der Waals surface area contributed by atoms with E-state index in [-0.39, 0.29) is 38.8 Å². The highest BCUT2D eigenvalue weighted by Crippen LogP contribution is 2.61. The van der Waals surface area contributed by atoms with Crippen molar-refractivity contribution in [2.24, 2.45) is 0 Å². The average molecular weight is 470 g/mol. The first-order chi connectivity index (χ1) is 13.9. The van der Waals surface area contributed by atoms with Gasteiger partial charge in [-0.15, -0.1) is 0 Å². The lowest BCUT2D eigenvalue weighted by Crippen LogP contribution is -2.26. The largest absolute Gasteiger partial charge is 0.394 e. The third-order valence-corrected chi connectivity index (χ3v) is 7.76. The molecule has 3 N–H and O–H groups in total. The van der Waals surface area contributed by atoms with E-state index < -0.39 is 12.9 Å². The fraction of sp³-hybridized carbons (Fsp3) is 0.611. The van der Waals surface area contributed by atoms with Gasteiger partial charge in [-0.1, -0.05) is 23.7 Å². The Hall–Kier alpha value is -0.640. The normalized spacial score (nSPS) is 14.3. The minimum Gasteiger partial charge on any atom is -0.394 e. The van der Waals surface area contributed by atoms with E-state index in [0.29, 0.717) is 30.2 Å². The number of amides is 1. The fourth-order valence-electron chi connectivity index (χ4n) is 2.22. The zero-order valence-electron chi connectivity index (χ0n) is 16.4. The van der Waals surface area contributed by atoms with Gasteiger partial charge in [-0.3, -0.25) is 13.8 Å². The molecule has 1 aromatic carbocycles. The molecule has 0 fully saturated rings. The van der Waals surface area contributed by atoms with Crippen LogP contribution in [0, 0.1) is 0 Å². The van der Waals surface area contributed by atoms with E-state index in [1.165, 1.54) is 7.11 Å². The van der Waals surface area contributed by atoms with E-state index in [9.17, 15) is 14.5 Å². The molecule has 1 amide bonds. The first-order valence-electron chi connectivity index (χ1n) is 9.21. The lowest BCUT2D eigenvalue weighted by molar-refractivity contribution is -0.120. The van der Waals surface area contributed by atoms with Crippen molar-refractivity contribution in [3.05, 3.63) is 34.9 Å². The summed E-state index contributed by atoms with van der Waals surface area (Å²) in [5.41, 5.74) is 0.885. The number of carbonyl (C=O) groups excluding carboxylic acids is 1. The molecule has 0 saturated heterocycles. The summed E-state index contributed by atoms with van der Waals surface area (Å²) in [6, 6.07) is 7.11. The molecule has 29 heavy (non-hydrogen) atoms. The molecule has 0 saturated carbocycles. The minimum atomic E-state index is -3.54. The second-order valence-electron chi connectivity index (χ2n) is 6.06. The van der Waals surface area contributed by atoms with Crippen LogP contribution in [0.25, 0.3) is 0 Å². The Morgan fingerprint density at radius 2 is 2.00 bits per heavy atom. The molecule has 0 bridgehead atoms. The highest BCUT2D eigenvalue weighted by molar-refractivity contribution is 8.55. The lowest BCUT2D eigenvalue weighted by Gasteiger charge is -2.22. The number of nitrogens with one attached hydrogen (secondary N) is 1. The number of aliphatic hydroxyl groups excluding tert-OH is 2. The van der Waals surface area contributed by atoms with Crippen LogP contribution < -0.4 is 5.32 Å². The van der Waals surface area contributed by atoms with Crippen LogP contribution in [-0.4, -0.2) is 68.1 Å². The monoisotopic (exact) mass is 469 g/mol. The molecular formula is C18H29ClNO7PS. The Balaban J connectivity index is 2.30. The van der Waals surface area contributed by atoms with Crippen LogP contribution in [0.15, 0.2) is 24.3 Å². The summed E-state index contributed by atoms with van der Waals surface area (Å²) in [4.78, 5) is 11.9. The molecule has 0 heterocycles. The van der Waals surface area contributed by atoms with Crippen LogP contribution in [0.3, 0.4) is 0 Å². The number of hydrogen-bond donors (Lipinski definition) is 3. The van der Waals surface area contributed by atoms with Gasteiger partial charge in [-0.2, -0.15) is 0 Å². The van der Waals surface area contributed by atoms with Gasteiger partial charge in [-0.05, 0) is 41.9 Å². The minimum absolute atomic E-state index is 0.0726. The van der Waals surface area contributed by atoms with Gasteiger partial charge in [0.15, 0.2) is 0 Å². The van der Waals surface area contributed by atoms with Crippen molar-refractivity contribution in [2.75, 3.05) is 45.8 Å². The molecule has 1 aromatic rings. The Labute approximate surface area is 180 Å². The molecule has 0 aliphatic carbocycles. The number of carbonyl (C=O) groups is 1. The van der Waals surface area contributed by atoms with E-state index in [4.69, 9.17) is 30.5 Å². The zero-order valence-corrected chi connectivity index (χ0v) is 18.9. The predicted molar refractivity (Wildman–Crippen MR) is 114 cm³/mol. The molecule has 1 rings (SSSR count). The van der Waals surface area contributed by atoms with Crippen LogP contribution in [0.5, 0.6) is 0 Å². The van der Waals surface area contributed by atoms with E-state index >= 15 is 0 Å². The van der Waals surface area contributed by atoms with Crippen LogP contribution in [0.1, 0.15) is 18.4 Å². The Kier molecular flexibility index (Phi) is 13.8. The van der Waals surface area contributed by atoms with Gasteiger partial charge >= 0.3 is 6.80 Å². The fourth-order valence-corrected chi connectivity index (χ4v) is 5.95. The van der Waals surface area contributed by atoms with Crippen LogP contribution >= 0.6 is 29.8 Å². The van der Waals surface area contributed by atoms with Crippen LogP contribution in [0.4, 0.5) is 0 Å². The number of halogens is 1. The molecule has 0 aliphatic heterocycles. The van der Waals surface area contributed by atoms with Crippen molar-refractivity contribution in [3.63, 3.8) is 0 Å². The molecule has 2 unspecified atom stereocenters. The number of methoxy groups -OCH3 is 1. The number of benzene rings is 1. The van der Waals surface area contributed by atoms with E-state index in [0.717, 1.165) is 16.9 Å². The summed E-state index contributed by atoms with van der Waals surface area (Å²) in [5.74, 6) is 0.395. The third kappa shape index (κ3) is 12.0. The maximum absolute atomic E-state index is 12.7. The molecule has 11 heteroatoms. The van der Waals surface area contributed by atoms with Crippen molar-refractivity contribution < 1.29 is 33.4 Å². The second kappa shape index (κ2) is 15.2. The smallest absolute Gasteiger partial charge is 0.389 e. The summed E-state index contributed by atoms with van der Waals surface area (Å²) in [5, 5.41) is 21.6. The number of ether oxygens (including phenoxy) is 1. The molecule has 8 nitrogen and oxygen atoms in total. The van der Waals surface area contributed by atoms with Crippen LogP contribution in [-0.2, 0) is 29.6 Å². The summed E-state index contributed by atoms with van der Waals surface area (Å²) >= 11 is 6.82. The Morgan fingerprint density at radius 1 is 1.28 bits per heavy atom. The summed E-state index contributed by atoms with van der Waals surface area (Å²) < 4.78 is 28.2. The van der Waals surface area contributed by atoms with Gasteiger partial charge in [0.25, 0.3) is 0 Å². The van der Waals surface area contributed by atoms with Crippen molar-refractivity contribution in [3.8, 4) is 0 Å². The van der Waals surface area contributed by atoms with E-state index in [1.54, 1.807) is 12.1 Å². The molecule has 2 atom stereocenters.